The average molecular weight is 343 g/mol. The van der Waals surface area contributed by atoms with Crippen LogP contribution in [0.3, 0.4) is 0 Å². The first-order chi connectivity index (χ1) is 10.1. The summed E-state index contributed by atoms with van der Waals surface area (Å²) < 4.78 is 3.31. The molecule has 0 aromatic heterocycles. The molecule has 0 saturated heterocycles. The van der Waals surface area contributed by atoms with E-state index in [1.54, 1.807) is 8.70 Å². The average Bonchev–Trinajstić information content (AvgIpc) is 2.48. The van der Waals surface area contributed by atoms with Gasteiger partial charge in [-0.25, -0.2) is 0 Å². The summed E-state index contributed by atoms with van der Waals surface area (Å²) in [5.41, 5.74) is 5.55. The van der Waals surface area contributed by atoms with E-state index in [1.807, 2.05) is 0 Å². The van der Waals surface area contributed by atoms with Crippen molar-refractivity contribution >= 4 is 22.3 Å². The minimum atomic E-state index is -2.04. The van der Waals surface area contributed by atoms with E-state index in [1.165, 1.54) is 35.6 Å². The van der Waals surface area contributed by atoms with Crippen molar-refractivity contribution in [2.45, 2.75) is 51.0 Å². The molecule has 0 aliphatic rings. The summed E-state index contributed by atoms with van der Waals surface area (Å²) >= 11 is -2.04. The summed E-state index contributed by atoms with van der Waals surface area (Å²) in [6, 6.07) is 18.1. The standard InChI is InChI=1S/C20H28As/c1-5-6-11-16-21(4,19-14-9-7-12-17(19)2)20-15-10-8-13-18(20)3/h7-10,12-15H,5-6,11,16H2,1-4H3/q+1. The van der Waals surface area contributed by atoms with Gasteiger partial charge in [-0.05, 0) is 0 Å². The second kappa shape index (κ2) is 7.32. The molecule has 0 atom stereocenters. The molecule has 2 rings (SSSR count). The summed E-state index contributed by atoms with van der Waals surface area (Å²) in [5.74, 6) is 0. The van der Waals surface area contributed by atoms with Crippen molar-refractivity contribution in [2.24, 2.45) is 0 Å². The first kappa shape index (κ1) is 16.4. The number of hydrogen-bond donors (Lipinski definition) is 0. The molecule has 0 bridgehead atoms. The molecule has 1 heteroatoms. The fourth-order valence-corrected chi connectivity index (χ4v) is 12.0. The maximum absolute atomic E-state index is 2.60. The van der Waals surface area contributed by atoms with Gasteiger partial charge >= 0.3 is 133 Å². The van der Waals surface area contributed by atoms with Crippen molar-refractivity contribution in [2.75, 3.05) is 0 Å². The van der Waals surface area contributed by atoms with E-state index in [9.17, 15) is 0 Å². The van der Waals surface area contributed by atoms with Gasteiger partial charge in [0.2, 0.25) is 0 Å². The van der Waals surface area contributed by atoms with Gasteiger partial charge in [0.05, 0.1) is 0 Å². The Bertz CT molecular complexity index is 540. The van der Waals surface area contributed by atoms with Gasteiger partial charge in [-0.2, -0.15) is 0 Å². The van der Waals surface area contributed by atoms with Gasteiger partial charge < -0.3 is 0 Å². The van der Waals surface area contributed by atoms with E-state index in [2.05, 4.69) is 75.0 Å². The van der Waals surface area contributed by atoms with Crippen molar-refractivity contribution in [3.05, 3.63) is 59.7 Å². The Labute approximate surface area is 133 Å². The van der Waals surface area contributed by atoms with E-state index in [0.29, 0.717) is 0 Å². The molecule has 0 nitrogen and oxygen atoms in total. The molecule has 0 heterocycles. The van der Waals surface area contributed by atoms with Crippen molar-refractivity contribution in [1.82, 2.24) is 0 Å². The molecule has 0 aliphatic carbocycles. The molecule has 0 spiro atoms. The molecule has 112 valence electrons. The normalized spacial score (nSPS) is 11.6. The first-order valence-electron chi connectivity index (χ1n) is 8.07. The molecule has 2 aromatic rings. The van der Waals surface area contributed by atoms with Crippen LogP contribution >= 0.6 is 0 Å². The molecular formula is C20H28As+. The van der Waals surface area contributed by atoms with Gasteiger partial charge in [-0.3, -0.25) is 0 Å². The topological polar surface area (TPSA) is 0 Å². The first-order valence-corrected chi connectivity index (χ1v) is 13.2. The van der Waals surface area contributed by atoms with E-state index < -0.39 is 13.6 Å². The second-order valence-electron chi connectivity index (χ2n) is 6.20. The molecule has 0 unspecified atom stereocenters. The van der Waals surface area contributed by atoms with Crippen LogP contribution in [-0.2, 0) is 0 Å². The summed E-state index contributed by atoms with van der Waals surface area (Å²) in [6.07, 6.45) is 4.02. The van der Waals surface area contributed by atoms with Gasteiger partial charge in [0.1, 0.15) is 0 Å². The van der Waals surface area contributed by atoms with Crippen LogP contribution in [-0.4, -0.2) is 13.6 Å². The SMILES string of the molecule is CCCCC[As+](C)(c1ccccc1C)c1ccccc1C. The van der Waals surface area contributed by atoms with Crippen molar-refractivity contribution in [3.8, 4) is 0 Å². The van der Waals surface area contributed by atoms with E-state index in [-0.39, 0.29) is 0 Å². The third-order valence-corrected chi connectivity index (χ3v) is 13.6. The predicted octanol–water partition coefficient (Wildman–Crippen LogP) is 4.69. The van der Waals surface area contributed by atoms with Crippen LogP contribution in [0.5, 0.6) is 0 Å². The quantitative estimate of drug-likeness (QED) is 0.527. The van der Waals surface area contributed by atoms with Crippen molar-refractivity contribution in [1.29, 1.82) is 0 Å². The Morgan fingerprint density at radius 1 is 0.762 bits per heavy atom. The summed E-state index contributed by atoms with van der Waals surface area (Å²) in [5, 5.41) is 1.39. The van der Waals surface area contributed by atoms with E-state index in [0.717, 1.165) is 0 Å². The number of aryl methyl sites for hydroxylation is 2. The third-order valence-electron chi connectivity index (χ3n) is 4.50. The van der Waals surface area contributed by atoms with Crippen LogP contribution in [0.15, 0.2) is 48.5 Å². The number of hydrogen-bond acceptors (Lipinski definition) is 0. The van der Waals surface area contributed by atoms with Crippen LogP contribution in [0.2, 0.25) is 10.9 Å². The molecular weight excluding hydrogens is 315 g/mol. The Morgan fingerprint density at radius 3 is 1.67 bits per heavy atom. The molecule has 2 aromatic carbocycles. The number of rotatable bonds is 6. The summed E-state index contributed by atoms with van der Waals surface area (Å²) in [4.78, 5) is 0. The fraction of sp³-hybridized carbons (Fsp3) is 0.400. The molecule has 0 radical (unpaired) electrons. The fourth-order valence-electron chi connectivity index (χ4n) is 3.28. The predicted molar refractivity (Wildman–Crippen MR) is 97.6 cm³/mol. The van der Waals surface area contributed by atoms with Gasteiger partial charge in [-0.1, -0.05) is 0 Å². The van der Waals surface area contributed by atoms with Gasteiger partial charge in [0.25, 0.3) is 0 Å². The Kier molecular flexibility index (Phi) is 5.71. The zero-order chi connectivity index (χ0) is 15.3. The van der Waals surface area contributed by atoms with Crippen LogP contribution < -0.4 is 8.70 Å². The molecule has 0 N–H and O–H groups in total. The van der Waals surface area contributed by atoms with Gasteiger partial charge in [0, 0.05) is 0 Å². The van der Waals surface area contributed by atoms with Crippen molar-refractivity contribution in [3.63, 3.8) is 0 Å². The van der Waals surface area contributed by atoms with Crippen molar-refractivity contribution < 1.29 is 0 Å². The van der Waals surface area contributed by atoms with Crippen LogP contribution in [0.1, 0.15) is 37.3 Å². The van der Waals surface area contributed by atoms with E-state index >= 15 is 0 Å². The molecule has 21 heavy (non-hydrogen) atoms. The number of benzene rings is 2. The van der Waals surface area contributed by atoms with Crippen LogP contribution in [0, 0.1) is 13.8 Å². The van der Waals surface area contributed by atoms with Gasteiger partial charge in [0.15, 0.2) is 0 Å². The Balaban J connectivity index is 2.49. The monoisotopic (exact) mass is 343 g/mol. The molecule has 0 saturated carbocycles. The molecule has 0 aliphatic heterocycles. The Morgan fingerprint density at radius 2 is 1.24 bits per heavy atom. The Hall–Kier alpha value is -1.00. The van der Waals surface area contributed by atoms with Gasteiger partial charge in [-0.15, -0.1) is 0 Å². The molecule has 0 amide bonds. The summed E-state index contributed by atoms with van der Waals surface area (Å²) in [7, 11) is 0. The zero-order valence-electron chi connectivity index (χ0n) is 13.9. The van der Waals surface area contributed by atoms with E-state index in [4.69, 9.17) is 0 Å². The van der Waals surface area contributed by atoms with Crippen LogP contribution in [0.25, 0.3) is 0 Å². The second-order valence-corrected chi connectivity index (χ2v) is 14.2. The number of unbranched alkanes of at least 4 members (excludes halogenated alkanes) is 2. The zero-order valence-corrected chi connectivity index (χ0v) is 15.8. The third kappa shape index (κ3) is 3.61. The maximum atomic E-state index is 2.60. The minimum absolute atomic E-state index is 1.30. The van der Waals surface area contributed by atoms with Crippen LogP contribution in [0.4, 0.5) is 0 Å². The summed E-state index contributed by atoms with van der Waals surface area (Å²) in [6.45, 7) is 6.87. The molecule has 0 fully saturated rings.